The van der Waals surface area contributed by atoms with E-state index < -0.39 is 18.5 Å². The smallest absolute Gasteiger partial charge is 0.331 e. The molecular weight excluding hydrogens is 460 g/mol. The number of carbonyl (C=O) groups is 3. The molecular formula is C28H26N2O6. The number of anilines is 2. The summed E-state index contributed by atoms with van der Waals surface area (Å²) in [4.78, 5) is 38.1. The van der Waals surface area contributed by atoms with E-state index in [2.05, 4.69) is 5.32 Å². The van der Waals surface area contributed by atoms with Gasteiger partial charge in [-0.1, -0.05) is 48.5 Å². The van der Waals surface area contributed by atoms with Crippen LogP contribution in [-0.4, -0.2) is 37.5 Å². The van der Waals surface area contributed by atoms with Crippen molar-refractivity contribution in [3.63, 3.8) is 0 Å². The van der Waals surface area contributed by atoms with Gasteiger partial charge in [0.25, 0.3) is 5.91 Å². The fraction of sp³-hybridized carbons (Fsp3) is 0.179. The zero-order chi connectivity index (χ0) is 25.3. The summed E-state index contributed by atoms with van der Waals surface area (Å²) in [7, 11) is 0. The minimum Gasteiger partial charge on any atom is -0.490 e. The highest BCUT2D eigenvalue weighted by atomic mass is 16.5. The van der Waals surface area contributed by atoms with Crippen LogP contribution in [0.25, 0.3) is 6.08 Å². The minimum atomic E-state index is -0.680. The van der Waals surface area contributed by atoms with Crippen LogP contribution in [0.5, 0.6) is 11.5 Å². The van der Waals surface area contributed by atoms with Crippen LogP contribution >= 0.6 is 0 Å². The molecule has 0 spiro atoms. The molecule has 0 aliphatic carbocycles. The highest BCUT2D eigenvalue weighted by Crippen LogP contribution is 2.30. The first kappa shape index (κ1) is 24.5. The Kier molecular flexibility index (Phi) is 7.97. The summed E-state index contributed by atoms with van der Waals surface area (Å²) >= 11 is 0. The monoisotopic (exact) mass is 486 g/mol. The molecule has 0 radical (unpaired) electrons. The van der Waals surface area contributed by atoms with Gasteiger partial charge in [0.15, 0.2) is 18.1 Å². The second-order valence-corrected chi connectivity index (χ2v) is 7.90. The Morgan fingerprint density at radius 2 is 1.75 bits per heavy atom. The number of para-hydroxylation sites is 2. The van der Waals surface area contributed by atoms with Gasteiger partial charge in [0.2, 0.25) is 5.91 Å². The lowest BCUT2D eigenvalue weighted by Crippen LogP contribution is -2.43. The summed E-state index contributed by atoms with van der Waals surface area (Å²) in [5.74, 6) is -0.328. The molecule has 3 aromatic carbocycles. The van der Waals surface area contributed by atoms with E-state index in [9.17, 15) is 14.4 Å². The van der Waals surface area contributed by atoms with Crippen LogP contribution in [-0.2, 0) is 25.7 Å². The maximum absolute atomic E-state index is 12.6. The molecule has 0 saturated heterocycles. The SMILES string of the molecule is CCOc1cc(C=CC(=O)OCC(=O)N2CC(=O)Nc3ccccc32)ccc1OCc1ccccc1. The van der Waals surface area contributed by atoms with Crippen LogP contribution < -0.4 is 19.7 Å². The van der Waals surface area contributed by atoms with Crippen LogP contribution in [0.15, 0.2) is 78.9 Å². The third kappa shape index (κ3) is 6.29. The molecule has 1 aliphatic heterocycles. The van der Waals surface area contributed by atoms with Gasteiger partial charge in [0, 0.05) is 6.08 Å². The van der Waals surface area contributed by atoms with Crippen LogP contribution in [0.2, 0.25) is 0 Å². The van der Waals surface area contributed by atoms with Crippen molar-refractivity contribution in [2.24, 2.45) is 0 Å². The average Bonchev–Trinajstić information content (AvgIpc) is 2.90. The van der Waals surface area contributed by atoms with Gasteiger partial charge in [-0.25, -0.2) is 4.79 Å². The summed E-state index contributed by atoms with van der Waals surface area (Å²) in [6, 6.07) is 22.1. The van der Waals surface area contributed by atoms with E-state index in [-0.39, 0.29) is 12.5 Å². The average molecular weight is 487 g/mol. The van der Waals surface area contributed by atoms with E-state index in [1.807, 2.05) is 37.3 Å². The molecule has 8 heteroatoms. The van der Waals surface area contributed by atoms with Crippen molar-refractivity contribution < 1.29 is 28.6 Å². The Hall–Kier alpha value is -4.59. The minimum absolute atomic E-state index is 0.137. The van der Waals surface area contributed by atoms with E-state index in [1.54, 1.807) is 48.5 Å². The van der Waals surface area contributed by atoms with Gasteiger partial charge in [-0.3, -0.25) is 14.5 Å². The van der Waals surface area contributed by atoms with E-state index >= 15 is 0 Å². The molecule has 0 bridgehead atoms. The van der Waals surface area contributed by atoms with Gasteiger partial charge >= 0.3 is 5.97 Å². The number of nitrogens with one attached hydrogen (secondary N) is 1. The first-order valence-electron chi connectivity index (χ1n) is 11.5. The van der Waals surface area contributed by atoms with Crippen molar-refractivity contribution in [2.45, 2.75) is 13.5 Å². The highest BCUT2D eigenvalue weighted by molar-refractivity contribution is 6.10. The molecule has 1 heterocycles. The molecule has 0 atom stereocenters. The Balaban J connectivity index is 1.35. The summed E-state index contributed by atoms with van der Waals surface area (Å²) in [5, 5.41) is 2.71. The molecule has 0 aromatic heterocycles. The number of esters is 1. The van der Waals surface area contributed by atoms with Crippen LogP contribution in [0.4, 0.5) is 11.4 Å². The van der Waals surface area contributed by atoms with E-state index in [1.165, 1.54) is 11.0 Å². The van der Waals surface area contributed by atoms with Crippen molar-refractivity contribution in [1.82, 2.24) is 0 Å². The number of hydrogen-bond donors (Lipinski definition) is 1. The standard InChI is InChI=1S/C28H26N2O6/c1-2-34-25-16-20(12-14-24(25)35-18-21-8-4-3-5-9-21)13-15-28(33)36-19-27(32)30-17-26(31)29-22-10-6-7-11-23(22)30/h3-16H,2,17-19H2,1H3,(H,29,31). The van der Waals surface area contributed by atoms with Crippen molar-refractivity contribution >= 4 is 35.2 Å². The molecule has 4 rings (SSSR count). The normalized spacial score (nSPS) is 12.6. The maximum atomic E-state index is 12.6. The van der Waals surface area contributed by atoms with Gasteiger partial charge < -0.3 is 19.5 Å². The van der Waals surface area contributed by atoms with Gasteiger partial charge in [-0.05, 0) is 48.4 Å². The third-order valence-corrected chi connectivity index (χ3v) is 5.33. The predicted molar refractivity (Wildman–Crippen MR) is 136 cm³/mol. The topological polar surface area (TPSA) is 94.2 Å². The van der Waals surface area contributed by atoms with Crippen LogP contribution in [0.1, 0.15) is 18.1 Å². The van der Waals surface area contributed by atoms with Crippen LogP contribution in [0.3, 0.4) is 0 Å². The lowest BCUT2D eigenvalue weighted by molar-refractivity contribution is -0.143. The summed E-state index contributed by atoms with van der Waals surface area (Å²) in [6.45, 7) is 2.11. The molecule has 36 heavy (non-hydrogen) atoms. The molecule has 0 fully saturated rings. The fourth-order valence-electron chi connectivity index (χ4n) is 3.63. The van der Waals surface area contributed by atoms with Gasteiger partial charge in [-0.2, -0.15) is 0 Å². The summed E-state index contributed by atoms with van der Waals surface area (Å²) in [5.41, 5.74) is 2.84. The maximum Gasteiger partial charge on any atom is 0.331 e. The highest BCUT2D eigenvalue weighted by Gasteiger charge is 2.27. The van der Waals surface area contributed by atoms with Gasteiger partial charge in [-0.15, -0.1) is 0 Å². The lowest BCUT2D eigenvalue weighted by atomic mass is 10.2. The summed E-state index contributed by atoms with van der Waals surface area (Å²) < 4.78 is 16.7. The van der Waals surface area contributed by atoms with Gasteiger partial charge in [0.05, 0.1) is 18.0 Å². The van der Waals surface area contributed by atoms with E-state index in [0.717, 1.165) is 5.56 Å². The first-order chi connectivity index (χ1) is 17.5. The Bertz CT molecular complexity index is 1270. The first-order valence-corrected chi connectivity index (χ1v) is 11.5. The number of benzene rings is 3. The summed E-state index contributed by atoms with van der Waals surface area (Å²) in [6.07, 6.45) is 2.81. The quantitative estimate of drug-likeness (QED) is 0.360. The van der Waals surface area contributed by atoms with E-state index in [0.29, 0.717) is 41.7 Å². The molecule has 1 N–H and O–H groups in total. The number of ether oxygens (including phenoxy) is 3. The Labute approximate surface area is 209 Å². The zero-order valence-corrected chi connectivity index (χ0v) is 19.8. The zero-order valence-electron chi connectivity index (χ0n) is 19.8. The fourth-order valence-corrected chi connectivity index (χ4v) is 3.63. The Morgan fingerprint density at radius 1 is 0.972 bits per heavy atom. The predicted octanol–water partition coefficient (Wildman–Crippen LogP) is 4.21. The van der Waals surface area contributed by atoms with Crippen molar-refractivity contribution in [2.75, 3.05) is 30.0 Å². The second-order valence-electron chi connectivity index (χ2n) is 7.90. The molecule has 8 nitrogen and oxygen atoms in total. The lowest BCUT2D eigenvalue weighted by Gasteiger charge is -2.28. The molecule has 0 saturated carbocycles. The molecule has 2 amide bonds. The second kappa shape index (κ2) is 11.7. The number of carbonyl (C=O) groups excluding carboxylic acids is 3. The van der Waals surface area contributed by atoms with Gasteiger partial charge in [0.1, 0.15) is 13.2 Å². The molecule has 184 valence electrons. The largest absolute Gasteiger partial charge is 0.490 e. The van der Waals surface area contributed by atoms with Crippen molar-refractivity contribution in [3.05, 3.63) is 90.0 Å². The third-order valence-electron chi connectivity index (χ3n) is 5.33. The number of fused-ring (bicyclic) bond motifs is 1. The van der Waals surface area contributed by atoms with Crippen molar-refractivity contribution in [3.8, 4) is 11.5 Å². The molecule has 0 unspecified atom stereocenters. The van der Waals surface area contributed by atoms with Crippen molar-refractivity contribution in [1.29, 1.82) is 0 Å². The number of rotatable bonds is 9. The Morgan fingerprint density at radius 3 is 2.56 bits per heavy atom. The van der Waals surface area contributed by atoms with Crippen LogP contribution in [0, 0.1) is 0 Å². The molecule has 3 aromatic rings. The van der Waals surface area contributed by atoms with E-state index in [4.69, 9.17) is 14.2 Å². The number of nitrogens with zero attached hydrogens (tertiary/aromatic N) is 1. The number of hydrogen-bond acceptors (Lipinski definition) is 6. The number of amides is 2. The molecule has 1 aliphatic rings.